The number of unbranched alkanes of at least 4 members (excludes halogenated alkanes) is 2. The third kappa shape index (κ3) is 6.08. The molecular formula is C14H22FNS. The fourth-order valence-corrected chi connectivity index (χ4v) is 2.73. The van der Waals surface area contributed by atoms with Crippen LogP contribution in [0.2, 0.25) is 0 Å². The minimum absolute atomic E-state index is 0.164. The van der Waals surface area contributed by atoms with E-state index in [0.29, 0.717) is 6.04 Å². The van der Waals surface area contributed by atoms with Gasteiger partial charge in [0.25, 0.3) is 0 Å². The van der Waals surface area contributed by atoms with Crippen molar-refractivity contribution >= 4 is 11.8 Å². The molecule has 0 radical (unpaired) electrons. The molecule has 1 nitrogen and oxygen atoms in total. The van der Waals surface area contributed by atoms with Gasteiger partial charge in [-0.1, -0.05) is 26.2 Å². The summed E-state index contributed by atoms with van der Waals surface area (Å²) in [6.45, 7) is 2.22. The van der Waals surface area contributed by atoms with E-state index in [1.165, 1.54) is 37.8 Å². The topological polar surface area (TPSA) is 12.0 Å². The normalized spacial score (nSPS) is 12.6. The highest BCUT2D eigenvalue weighted by Crippen LogP contribution is 2.20. The van der Waals surface area contributed by atoms with Gasteiger partial charge in [-0.3, -0.25) is 0 Å². The Morgan fingerprint density at radius 2 is 1.94 bits per heavy atom. The van der Waals surface area contributed by atoms with Crippen LogP contribution in [0.5, 0.6) is 0 Å². The average molecular weight is 255 g/mol. The maximum atomic E-state index is 12.7. The van der Waals surface area contributed by atoms with Crippen LogP contribution in [-0.2, 0) is 0 Å². The van der Waals surface area contributed by atoms with E-state index < -0.39 is 0 Å². The number of rotatable bonds is 8. The molecule has 96 valence electrons. The van der Waals surface area contributed by atoms with Gasteiger partial charge in [0.05, 0.1) is 0 Å². The zero-order valence-corrected chi connectivity index (χ0v) is 11.5. The molecule has 1 unspecified atom stereocenters. The van der Waals surface area contributed by atoms with E-state index >= 15 is 0 Å². The standard InChI is InChI=1S/C14H22FNS/c1-3-4-5-6-13(16-2)11-17-14-9-7-12(15)8-10-14/h7-10,13,16H,3-6,11H2,1-2H3. The molecule has 0 fully saturated rings. The molecule has 0 amide bonds. The summed E-state index contributed by atoms with van der Waals surface area (Å²) in [5.41, 5.74) is 0. The van der Waals surface area contributed by atoms with Crippen molar-refractivity contribution in [3.63, 3.8) is 0 Å². The molecule has 3 heteroatoms. The van der Waals surface area contributed by atoms with Crippen molar-refractivity contribution in [1.29, 1.82) is 0 Å². The SMILES string of the molecule is CCCCCC(CSc1ccc(F)cc1)NC. The minimum Gasteiger partial charge on any atom is -0.316 e. The van der Waals surface area contributed by atoms with Gasteiger partial charge >= 0.3 is 0 Å². The van der Waals surface area contributed by atoms with Crippen molar-refractivity contribution in [3.05, 3.63) is 30.1 Å². The molecule has 0 aliphatic rings. The van der Waals surface area contributed by atoms with Gasteiger partial charge in [0.1, 0.15) is 5.82 Å². The first-order chi connectivity index (χ1) is 8.26. The van der Waals surface area contributed by atoms with E-state index in [1.807, 2.05) is 19.2 Å². The third-order valence-corrected chi connectivity index (χ3v) is 4.00. The Hall–Kier alpha value is -0.540. The number of thioether (sulfide) groups is 1. The molecule has 0 bridgehead atoms. The van der Waals surface area contributed by atoms with Crippen molar-refractivity contribution < 1.29 is 4.39 Å². The van der Waals surface area contributed by atoms with Crippen molar-refractivity contribution in [3.8, 4) is 0 Å². The first-order valence-corrected chi connectivity index (χ1v) is 7.30. The van der Waals surface area contributed by atoms with Gasteiger partial charge in [-0.25, -0.2) is 4.39 Å². The quantitative estimate of drug-likeness (QED) is 0.555. The molecule has 1 aromatic rings. The van der Waals surface area contributed by atoms with E-state index in [0.717, 1.165) is 10.6 Å². The second kappa shape index (κ2) is 8.54. The summed E-state index contributed by atoms with van der Waals surface area (Å²) in [6.07, 6.45) is 5.07. The molecule has 1 aromatic carbocycles. The summed E-state index contributed by atoms with van der Waals surface area (Å²) in [5, 5.41) is 3.35. The molecule has 0 saturated carbocycles. The fourth-order valence-electron chi connectivity index (χ4n) is 1.68. The van der Waals surface area contributed by atoms with Crippen LogP contribution in [-0.4, -0.2) is 18.8 Å². The molecule has 0 saturated heterocycles. The van der Waals surface area contributed by atoms with E-state index in [1.54, 1.807) is 11.8 Å². The van der Waals surface area contributed by atoms with Gasteiger partial charge < -0.3 is 5.32 Å². The van der Waals surface area contributed by atoms with E-state index in [-0.39, 0.29) is 5.82 Å². The monoisotopic (exact) mass is 255 g/mol. The van der Waals surface area contributed by atoms with Crippen LogP contribution in [0.4, 0.5) is 4.39 Å². The van der Waals surface area contributed by atoms with Gasteiger partial charge in [0.15, 0.2) is 0 Å². The molecule has 1 N–H and O–H groups in total. The highest BCUT2D eigenvalue weighted by molar-refractivity contribution is 7.99. The molecule has 17 heavy (non-hydrogen) atoms. The molecule has 0 aromatic heterocycles. The van der Waals surface area contributed by atoms with Crippen LogP contribution < -0.4 is 5.32 Å². The molecule has 0 aliphatic heterocycles. The zero-order valence-electron chi connectivity index (χ0n) is 10.7. The summed E-state index contributed by atoms with van der Waals surface area (Å²) in [6, 6.07) is 7.29. The average Bonchev–Trinajstić information content (AvgIpc) is 2.35. The maximum Gasteiger partial charge on any atom is 0.123 e. The Morgan fingerprint density at radius 3 is 2.53 bits per heavy atom. The predicted octanol–water partition coefficient (Wildman–Crippen LogP) is 4.09. The lowest BCUT2D eigenvalue weighted by Crippen LogP contribution is -2.27. The number of hydrogen-bond donors (Lipinski definition) is 1. The summed E-state index contributed by atoms with van der Waals surface area (Å²) in [5.74, 6) is 0.883. The highest BCUT2D eigenvalue weighted by Gasteiger charge is 2.06. The number of hydrogen-bond acceptors (Lipinski definition) is 2. The summed E-state index contributed by atoms with van der Waals surface area (Å²) in [7, 11) is 2.02. The van der Waals surface area contributed by atoms with Crippen molar-refractivity contribution in [2.75, 3.05) is 12.8 Å². The van der Waals surface area contributed by atoms with E-state index in [4.69, 9.17) is 0 Å². The first kappa shape index (κ1) is 14.5. The zero-order chi connectivity index (χ0) is 12.5. The molecular weight excluding hydrogens is 233 g/mol. The Bertz CT molecular complexity index is 300. The maximum absolute atomic E-state index is 12.7. The van der Waals surface area contributed by atoms with Crippen molar-refractivity contribution in [1.82, 2.24) is 5.32 Å². The fraction of sp³-hybridized carbons (Fsp3) is 0.571. The summed E-state index contributed by atoms with van der Waals surface area (Å²) < 4.78 is 12.7. The predicted molar refractivity (Wildman–Crippen MR) is 74.1 cm³/mol. The second-order valence-electron chi connectivity index (χ2n) is 4.25. The van der Waals surface area contributed by atoms with Crippen LogP contribution in [0.15, 0.2) is 29.2 Å². The van der Waals surface area contributed by atoms with E-state index in [2.05, 4.69) is 12.2 Å². The lowest BCUT2D eigenvalue weighted by Gasteiger charge is -2.15. The molecule has 0 heterocycles. The Labute approximate surface area is 108 Å². The van der Waals surface area contributed by atoms with Gasteiger partial charge in [-0.15, -0.1) is 11.8 Å². The lowest BCUT2D eigenvalue weighted by atomic mass is 10.1. The second-order valence-corrected chi connectivity index (χ2v) is 5.34. The number of nitrogens with one attached hydrogen (secondary N) is 1. The molecule has 1 atom stereocenters. The van der Waals surface area contributed by atoms with E-state index in [9.17, 15) is 4.39 Å². The summed E-state index contributed by atoms with van der Waals surface area (Å²) in [4.78, 5) is 1.14. The van der Waals surface area contributed by atoms with Crippen LogP contribution in [0.3, 0.4) is 0 Å². The Balaban J connectivity index is 2.29. The van der Waals surface area contributed by atoms with Crippen LogP contribution in [0.25, 0.3) is 0 Å². The summed E-state index contributed by atoms with van der Waals surface area (Å²) >= 11 is 1.79. The van der Waals surface area contributed by atoms with Crippen molar-refractivity contribution in [2.45, 2.75) is 43.5 Å². The largest absolute Gasteiger partial charge is 0.316 e. The third-order valence-electron chi connectivity index (χ3n) is 2.83. The van der Waals surface area contributed by atoms with Gasteiger partial charge in [0, 0.05) is 16.7 Å². The first-order valence-electron chi connectivity index (χ1n) is 6.32. The number of halogens is 1. The van der Waals surface area contributed by atoms with Gasteiger partial charge in [-0.2, -0.15) is 0 Å². The molecule has 1 rings (SSSR count). The minimum atomic E-state index is -0.164. The lowest BCUT2D eigenvalue weighted by molar-refractivity contribution is 0.531. The van der Waals surface area contributed by atoms with Gasteiger partial charge in [-0.05, 0) is 37.7 Å². The molecule has 0 spiro atoms. The van der Waals surface area contributed by atoms with Crippen LogP contribution in [0.1, 0.15) is 32.6 Å². The Kier molecular flexibility index (Phi) is 7.29. The smallest absolute Gasteiger partial charge is 0.123 e. The highest BCUT2D eigenvalue weighted by atomic mass is 32.2. The van der Waals surface area contributed by atoms with Crippen molar-refractivity contribution in [2.24, 2.45) is 0 Å². The molecule has 0 aliphatic carbocycles. The number of benzene rings is 1. The Morgan fingerprint density at radius 1 is 1.24 bits per heavy atom. The van der Waals surface area contributed by atoms with Crippen LogP contribution >= 0.6 is 11.8 Å². The van der Waals surface area contributed by atoms with Crippen LogP contribution in [0, 0.1) is 5.82 Å². The van der Waals surface area contributed by atoms with Gasteiger partial charge in [0.2, 0.25) is 0 Å².